The van der Waals surface area contributed by atoms with Gasteiger partial charge in [0.25, 0.3) is 0 Å². The van der Waals surface area contributed by atoms with Gasteiger partial charge < -0.3 is 25.2 Å². The van der Waals surface area contributed by atoms with Gasteiger partial charge in [0.15, 0.2) is 6.10 Å². The van der Waals surface area contributed by atoms with Gasteiger partial charge in [0.05, 0.1) is 13.2 Å². The Morgan fingerprint density at radius 1 is 0.604 bits per heavy atom. The number of carbonyl (C=O) groups excluding carboxylic acids is 2. The highest BCUT2D eigenvalue weighted by Gasteiger charge is 2.28. The fourth-order valence-electron chi connectivity index (χ4n) is 4.62. The van der Waals surface area contributed by atoms with Crippen molar-refractivity contribution in [2.45, 2.75) is 148 Å². The van der Waals surface area contributed by atoms with Crippen molar-refractivity contribution in [1.82, 2.24) is 0 Å². The van der Waals surface area contributed by atoms with Crippen molar-refractivity contribution < 1.29 is 47.5 Å². The number of rotatable bonds is 35. The highest BCUT2D eigenvalue weighted by atomic mass is 31.2. The standard InChI is InChI=1S/C41H68NO10P/c1-3-5-7-9-11-13-15-16-17-18-19-20-21-22-23-25-27-29-31-33-40(44)52-37(35-50-53(47,48)51-36-38(42)41(45)46)34-49-39(43)32-30-28-26-24-14-12-10-8-6-4-2/h5,7-8,10-11,13,16-17,19-20,22-23,37-38H,3-4,6,9,12,14-15,18,21,24-36,42H2,1-2H3,(H,45,46)(H,47,48)/b7-5-,10-8-,13-11-,17-16-,20-19-,23-22-. The third-order valence-corrected chi connectivity index (χ3v) is 8.62. The molecule has 3 unspecified atom stereocenters. The maximum absolute atomic E-state index is 12.6. The van der Waals surface area contributed by atoms with Crippen LogP contribution < -0.4 is 5.73 Å². The average Bonchev–Trinajstić information content (AvgIpc) is 3.13. The van der Waals surface area contributed by atoms with Crippen molar-refractivity contribution in [1.29, 1.82) is 0 Å². The number of nitrogens with two attached hydrogens (primary N) is 1. The van der Waals surface area contributed by atoms with Gasteiger partial charge in [0.1, 0.15) is 12.6 Å². The van der Waals surface area contributed by atoms with E-state index in [1.54, 1.807) is 0 Å². The van der Waals surface area contributed by atoms with E-state index >= 15 is 0 Å². The summed E-state index contributed by atoms with van der Waals surface area (Å²) >= 11 is 0. The Labute approximate surface area is 319 Å². The van der Waals surface area contributed by atoms with Gasteiger partial charge in [-0.3, -0.25) is 23.4 Å². The van der Waals surface area contributed by atoms with Crippen molar-refractivity contribution in [3.63, 3.8) is 0 Å². The zero-order valence-corrected chi connectivity index (χ0v) is 33.2. The monoisotopic (exact) mass is 765 g/mol. The summed E-state index contributed by atoms with van der Waals surface area (Å²) < 4.78 is 32.5. The van der Waals surface area contributed by atoms with Gasteiger partial charge in [-0.1, -0.05) is 119 Å². The first-order valence-corrected chi connectivity index (χ1v) is 21.0. The first-order valence-electron chi connectivity index (χ1n) is 19.5. The van der Waals surface area contributed by atoms with Crippen LogP contribution in [0.1, 0.15) is 136 Å². The lowest BCUT2D eigenvalue weighted by Gasteiger charge is -2.20. The Morgan fingerprint density at radius 2 is 1.06 bits per heavy atom. The number of aliphatic carboxylic acids is 1. The molecule has 0 aliphatic heterocycles. The fraction of sp³-hybridized carbons (Fsp3) is 0.634. The lowest BCUT2D eigenvalue weighted by molar-refractivity contribution is -0.161. The predicted octanol–water partition coefficient (Wildman–Crippen LogP) is 9.78. The smallest absolute Gasteiger partial charge is 0.472 e. The molecule has 11 nitrogen and oxygen atoms in total. The summed E-state index contributed by atoms with van der Waals surface area (Å²) in [5.74, 6) is -2.45. The van der Waals surface area contributed by atoms with Crippen LogP contribution in [0.15, 0.2) is 72.9 Å². The molecular weight excluding hydrogens is 697 g/mol. The highest BCUT2D eigenvalue weighted by molar-refractivity contribution is 7.47. The SMILES string of the molecule is CC/C=C\C/C=C\C/C=C\C/C=C\C/C=C\CCCCCC(=O)OC(COC(=O)CCCCCCC/C=C\CCC)COP(=O)(O)OCC(N)C(=O)O. The van der Waals surface area contributed by atoms with Crippen LogP contribution in [0.4, 0.5) is 0 Å². The Kier molecular flexibility index (Phi) is 33.8. The molecule has 4 N–H and O–H groups in total. The highest BCUT2D eigenvalue weighted by Crippen LogP contribution is 2.43. The molecule has 0 aromatic heterocycles. The van der Waals surface area contributed by atoms with Crippen LogP contribution in [-0.2, 0) is 37.5 Å². The number of phosphoric ester groups is 1. The van der Waals surface area contributed by atoms with E-state index in [0.717, 1.165) is 96.3 Å². The van der Waals surface area contributed by atoms with Crippen molar-refractivity contribution in [3.05, 3.63) is 72.9 Å². The topological polar surface area (TPSA) is 172 Å². The van der Waals surface area contributed by atoms with Crippen molar-refractivity contribution in [2.24, 2.45) is 5.73 Å². The molecule has 0 bridgehead atoms. The second kappa shape index (κ2) is 35.9. The minimum Gasteiger partial charge on any atom is -0.480 e. The Morgan fingerprint density at radius 3 is 1.62 bits per heavy atom. The molecule has 3 atom stereocenters. The van der Waals surface area contributed by atoms with Crippen LogP contribution in [-0.4, -0.2) is 59.9 Å². The summed E-state index contributed by atoms with van der Waals surface area (Å²) in [5.41, 5.74) is 5.31. The summed E-state index contributed by atoms with van der Waals surface area (Å²) in [6.45, 7) is 2.54. The van der Waals surface area contributed by atoms with E-state index in [-0.39, 0.29) is 19.4 Å². The predicted molar refractivity (Wildman–Crippen MR) is 212 cm³/mol. The average molecular weight is 766 g/mol. The molecule has 0 rings (SSSR count). The van der Waals surface area contributed by atoms with E-state index in [0.29, 0.717) is 12.8 Å². The maximum atomic E-state index is 12.6. The zero-order chi connectivity index (χ0) is 39.3. The van der Waals surface area contributed by atoms with Gasteiger partial charge in [-0.15, -0.1) is 0 Å². The normalized spacial score (nSPS) is 14.6. The summed E-state index contributed by atoms with van der Waals surface area (Å²) in [5, 5.41) is 8.86. The van der Waals surface area contributed by atoms with Crippen LogP contribution >= 0.6 is 7.82 Å². The lowest BCUT2D eigenvalue weighted by Crippen LogP contribution is -2.34. The Balaban J connectivity index is 4.50. The first kappa shape index (κ1) is 49.9. The molecule has 0 saturated heterocycles. The number of carboxylic acids is 1. The van der Waals surface area contributed by atoms with Gasteiger partial charge in [0, 0.05) is 12.8 Å². The van der Waals surface area contributed by atoms with Crippen LogP contribution in [0.25, 0.3) is 0 Å². The van der Waals surface area contributed by atoms with Crippen LogP contribution in [0, 0.1) is 0 Å². The molecule has 0 aliphatic rings. The molecule has 0 fully saturated rings. The minimum absolute atomic E-state index is 0.116. The largest absolute Gasteiger partial charge is 0.480 e. The maximum Gasteiger partial charge on any atom is 0.472 e. The minimum atomic E-state index is -4.72. The second-order valence-corrected chi connectivity index (χ2v) is 14.1. The Bertz CT molecular complexity index is 1180. The summed E-state index contributed by atoms with van der Waals surface area (Å²) in [4.78, 5) is 45.7. The van der Waals surface area contributed by atoms with Gasteiger partial charge in [-0.2, -0.15) is 0 Å². The van der Waals surface area contributed by atoms with Crippen LogP contribution in [0.2, 0.25) is 0 Å². The summed E-state index contributed by atoms with van der Waals surface area (Å²) in [6, 6.07) is -1.53. The summed E-state index contributed by atoms with van der Waals surface area (Å²) in [7, 11) is -4.72. The third-order valence-electron chi connectivity index (χ3n) is 7.67. The second-order valence-electron chi connectivity index (χ2n) is 12.7. The molecule has 0 amide bonds. The van der Waals surface area contributed by atoms with Crippen molar-refractivity contribution in [2.75, 3.05) is 19.8 Å². The van der Waals surface area contributed by atoms with E-state index in [1.165, 1.54) is 0 Å². The molecular formula is C41H68NO10P. The van der Waals surface area contributed by atoms with E-state index < -0.39 is 51.1 Å². The number of hydrogen-bond acceptors (Lipinski definition) is 9. The Hall–Kier alpha value is -3.08. The van der Waals surface area contributed by atoms with E-state index in [1.807, 2.05) is 0 Å². The fourth-order valence-corrected chi connectivity index (χ4v) is 5.40. The van der Waals surface area contributed by atoms with Crippen molar-refractivity contribution >= 4 is 25.7 Å². The molecule has 0 spiro atoms. The third kappa shape index (κ3) is 35.7. The molecule has 0 aliphatic carbocycles. The van der Waals surface area contributed by atoms with Gasteiger partial charge in [0.2, 0.25) is 0 Å². The number of allylic oxidation sites excluding steroid dienone is 12. The quantitative estimate of drug-likeness (QED) is 0.0243. The number of esters is 2. The number of hydrogen-bond donors (Lipinski definition) is 3. The van der Waals surface area contributed by atoms with Gasteiger partial charge >= 0.3 is 25.7 Å². The first-order chi connectivity index (χ1) is 25.6. The number of unbranched alkanes of at least 4 members (excludes halogenated alkanes) is 9. The molecule has 0 radical (unpaired) electrons. The molecule has 0 saturated carbocycles. The van der Waals surface area contributed by atoms with E-state index in [9.17, 15) is 23.8 Å². The van der Waals surface area contributed by atoms with E-state index in [4.69, 9.17) is 24.8 Å². The molecule has 302 valence electrons. The van der Waals surface area contributed by atoms with Gasteiger partial charge in [-0.05, 0) is 77.0 Å². The number of ether oxygens (including phenoxy) is 2. The zero-order valence-electron chi connectivity index (χ0n) is 32.3. The van der Waals surface area contributed by atoms with Crippen LogP contribution in [0.5, 0.6) is 0 Å². The molecule has 0 heterocycles. The number of carboxylic acid groups (broad SMARTS) is 1. The molecule has 0 aromatic carbocycles. The summed E-state index contributed by atoms with van der Waals surface area (Å²) in [6.07, 6.45) is 41.2. The van der Waals surface area contributed by atoms with Gasteiger partial charge in [-0.25, -0.2) is 4.57 Å². The van der Waals surface area contributed by atoms with Crippen molar-refractivity contribution in [3.8, 4) is 0 Å². The number of phosphoric acid groups is 1. The van der Waals surface area contributed by atoms with E-state index in [2.05, 4.69) is 91.3 Å². The molecule has 12 heteroatoms. The molecule has 0 aromatic rings. The lowest BCUT2D eigenvalue weighted by atomic mass is 10.1. The number of carbonyl (C=O) groups is 3. The molecule has 53 heavy (non-hydrogen) atoms. The van der Waals surface area contributed by atoms with Crippen LogP contribution in [0.3, 0.4) is 0 Å².